The van der Waals surface area contributed by atoms with Crippen molar-refractivity contribution < 1.29 is 5.11 Å². The van der Waals surface area contributed by atoms with Gasteiger partial charge < -0.3 is 10.4 Å². The average molecular weight is 141 g/mol. The van der Waals surface area contributed by atoms with Crippen molar-refractivity contribution in [3.63, 3.8) is 0 Å². The average Bonchev–Trinajstić information content (AvgIpc) is 1.78. The molecule has 0 saturated carbocycles. The van der Waals surface area contributed by atoms with E-state index in [0.717, 1.165) is 0 Å². The molecular formula is C8H15NO. The third kappa shape index (κ3) is 7.48. The Morgan fingerprint density at radius 1 is 1.50 bits per heavy atom. The smallest absolute Gasteiger partial charge is 0.0715 e. The second kappa shape index (κ2) is 4.32. The number of aliphatic hydroxyl groups is 1. The summed E-state index contributed by atoms with van der Waals surface area (Å²) in [6.07, 6.45) is 0. The van der Waals surface area contributed by atoms with Crippen molar-refractivity contribution in [2.24, 2.45) is 0 Å². The molecule has 2 heteroatoms. The van der Waals surface area contributed by atoms with Crippen LogP contribution in [-0.2, 0) is 0 Å². The third-order valence-corrected chi connectivity index (χ3v) is 0.948. The van der Waals surface area contributed by atoms with Gasteiger partial charge in [-0.2, -0.15) is 0 Å². The molecule has 0 aliphatic rings. The van der Waals surface area contributed by atoms with Crippen molar-refractivity contribution in [3.8, 4) is 11.8 Å². The van der Waals surface area contributed by atoms with Gasteiger partial charge in [-0.25, -0.2) is 0 Å². The van der Waals surface area contributed by atoms with Gasteiger partial charge in [0.25, 0.3) is 0 Å². The van der Waals surface area contributed by atoms with Crippen LogP contribution < -0.4 is 5.32 Å². The summed E-state index contributed by atoms with van der Waals surface area (Å²) in [6.45, 7) is 6.56. The summed E-state index contributed by atoms with van der Waals surface area (Å²) in [5.74, 6) is 5.61. The van der Waals surface area contributed by atoms with Crippen LogP contribution in [0.15, 0.2) is 0 Å². The highest BCUT2D eigenvalue weighted by Gasteiger charge is 2.09. The first-order valence-electron chi connectivity index (χ1n) is 3.39. The van der Waals surface area contributed by atoms with E-state index < -0.39 is 5.60 Å². The fraction of sp³-hybridized carbons (Fsp3) is 0.750. The summed E-state index contributed by atoms with van der Waals surface area (Å²) in [7, 11) is 0. The molecule has 0 atom stereocenters. The fourth-order valence-electron chi connectivity index (χ4n) is 0.519. The van der Waals surface area contributed by atoms with Crippen LogP contribution in [0.2, 0.25) is 0 Å². The van der Waals surface area contributed by atoms with Crippen molar-refractivity contribution in [1.29, 1.82) is 0 Å². The first-order valence-corrected chi connectivity index (χ1v) is 3.39. The van der Waals surface area contributed by atoms with E-state index in [0.29, 0.717) is 13.1 Å². The van der Waals surface area contributed by atoms with Gasteiger partial charge in [0.2, 0.25) is 0 Å². The number of rotatable bonds is 3. The molecule has 0 radical (unpaired) electrons. The highest BCUT2D eigenvalue weighted by molar-refractivity contribution is 4.97. The van der Waals surface area contributed by atoms with E-state index in [4.69, 9.17) is 0 Å². The lowest BCUT2D eigenvalue weighted by molar-refractivity contribution is 0.0811. The van der Waals surface area contributed by atoms with E-state index in [1.54, 1.807) is 20.8 Å². The standard InChI is InChI=1S/C8H15NO/c1-4-5-6-9-7-8(2,3)10/h9-10H,6-7H2,1-3H3. The Bertz CT molecular complexity index is 136. The van der Waals surface area contributed by atoms with Gasteiger partial charge in [0.1, 0.15) is 0 Å². The highest BCUT2D eigenvalue weighted by Crippen LogP contribution is 1.95. The number of nitrogens with one attached hydrogen (secondary N) is 1. The summed E-state index contributed by atoms with van der Waals surface area (Å²) in [4.78, 5) is 0. The molecule has 10 heavy (non-hydrogen) atoms. The fourth-order valence-corrected chi connectivity index (χ4v) is 0.519. The van der Waals surface area contributed by atoms with E-state index >= 15 is 0 Å². The Hall–Kier alpha value is -0.520. The van der Waals surface area contributed by atoms with Crippen molar-refractivity contribution in [1.82, 2.24) is 5.32 Å². The molecule has 0 saturated heterocycles. The van der Waals surface area contributed by atoms with E-state index in [9.17, 15) is 5.11 Å². The molecule has 0 aliphatic carbocycles. The summed E-state index contributed by atoms with van der Waals surface area (Å²) in [5.41, 5.74) is -0.630. The van der Waals surface area contributed by atoms with Crippen molar-refractivity contribution in [2.45, 2.75) is 26.4 Å². The zero-order valence-electron chi connectivity index (χ0n) is 6.86. The zero-order valence-corrected chi connectivity index (χ0v) is 6.86. The summed E-state index contributed by atoms with van der Waals surface area (Å²) in [6, 6.07) is 0. The summed E-state index contributed by atoms with van der Waals surface area (Å²) in [5, 5.41) is 12.2. The van der Waals surface area contributed by atoms with Gasteiger partial charge in [0.15, 0.2) is 0 Å². The molecule has 0 rings (SSSR count). The molecular weight excluding hydrogens is 126 g/mol. The van der Waals surface area contributed by atoms with E-state index in [-0.39, 0.29) is 0 Å². The second-order valence-corrected chi connectivity index (χ2v) is 2.84. The Kier molecular flexibility index (Phi) is 4.10. The van der Waals surface area contributed by atoms with Gasteiger partial charge in [-0.1, -0.05) is 5.92 Å². The normalized spacial score (nSPS) is 10.4. The molecule has 0 aromatic rings. The largest absolute Gasteiger partial charge is 0.389 e. The molecule has 0 heterocycles. The highest BCUT2D eigenvalue weighted by atomic mass is 16.3. The molecule has 0 aromatic heterocycles. The minimum atomic E-state index is -0.630. The van der Waals surface area contributed by atoms with Crippen molar-refractivity contribution >= 4 is 0 Å². The molecule has 0 aromatic carbocycles. The van der Waals surface area contributed by atoms with Crippen LogP contribution in [0.4, 0.5) is 0 Å². The molecule has 2 nitrogen and oxygen atoms in total. The molecule has 0 fully saturated rings. The lowest BCUT2D eigenvalue weighted by Crippen LogP contribution is -2.34. The van der Waals surface area contributed by atoms with Crippen LogP contribution in [0.5, 0.6) is 0 Å². The minimum Gasteiger partial charge on any atom is -0.389 e. The Labute approximate surface area is 62.6 Å². The van der Waals surface area contributed by atoms with Crippen molar-refractivity contribution in [3.05, 3.63) is 0 Å². The van der Waals surface area contributed by atoms with Gasteiger partial charge in [-0.3, -0.25) is 0 Å². The maximum atomic E-state index is 9.21. The Morgan fingerprint density at radius 2 is 2.10 bits per heavy atom. The van der Waals surface area contributed by atoms with Crippen LogP contribution in [0, 0.1) is 11.8 Å². The lowest BCUT2D eigenvalue weighted by Gasteiger charge is -2.16. The topological polar surface area (TPSA) is 32.3 Å². The number of hydrogen-bond donors (Lipinski definition) is 2. The van der Waals surface area contributed by atoms with Crippen LogP contribution >= 0.6 is 0 Å². The van der Waals surface area contributed by atoms with Crippen LogP contribution in [0.1, 0.15) is 20.8 Å². The molecule has 0 unspecified atom stereocenters. The van der Waals surface area contributed by atoms with Gasteiger partial charge in [0, 0.05) is 6.54 Å². The molecule has 0 amide bonds. The second-order valence-electron chi connectivity index (χ2n) is 2.84. The predicted molar refractivity (Wildman–Crippen MR) is 42.6 cm³/mol. The molecule has 58 valence electrons. The third-order valence-electron chi connectivity index (χ3n) is 0.948. The van der Waals surface area contributed by atoms with Gasteiger partial charge >= 0.3 is 0 Å². The van der Waals surface area contributed by atoms with Gasteiger partial charge in [0.05, 0.1) is 12.1 Å². The van der Waals surface area contributed by atoms with Crippen LogP contribution in [0.25, 0.3) is 0 Å². The monoisotopic (exact) mass is 141 g/mol. The molecule has 0 spiro atoms. The first kappa shape index (κ1) is 9.48. The first-order chi connectivity index (χ1) is 4.56. The Morgan fingerprint density at radius 3 is 2.50 bits per heavy atom. The Balaban J connectivity index is 3.26. The summed E-state index contributed by atoms with van der Waals surface area (Å²) >= 11 is 0. The quantitative estimate of drug-likeness (QED) is 0.439. The number of hydrogen-bond acceptors (Lipinski definition) is 2. The zero-order chi connectivity index (χ0) is 8.04. The molecule has 0 aliphatic heterocycles. The van der Waals surface area contributed by atoms with E-state index in [1.165, 1.54) is 0 Å². The van der Waals surface area contributed by atoms with Gasteiger partial charge in [-0.15, -0.1) is 5.92 Å². The lowest BCUT2D eigenvalue weighted by atomic mass is 10.1. The van der Waals surface area contributed by atoms with E-state index in [2.05, 4.69) is 17.2 Å². The van der Waals surface area contributed by atoms with Gasteiger partial charge in [-0.05, 0) is 20.8 Å². The maximum absolute atomic E-state index is 9.21. The molecule has 2 N–H and O–H groups in total. The van der Waals surface area contributed by atoms with Crippen molar-refractivity contribution in [2.75, 3.05) is 13.1 Å². The van der Waals surface area contributed by atoms with Crippen LogP contribution in [0.3, 0.4) is 0 Å². The van der Waals surface area contributed by atoms with Crippen LogP contribution in [-0.4, -0.2) is 23.8 Å². The van der Waals surface area contributed by atoms with E-state index in [1.807, 2.05) is 0 Å². The maximum Gasteiger partial charge on any atom is 0.0715 e. The summed E-state index contributed by atoms with van der Waals surface area (Å²) < 4.78 is 0. The minimum absolute atomic E-state index is 0.585. The SMILES string of the molecule is CC#CCNCC(C)(C)O. The predicted octanol–water partition coefficient (Wildman–Crippen LogP) is 0.370. The molecule has 0 bridgehead atoms.